The van der Waals surface area contributed by atoms with E-state index in [2.05, 4.69) is 10.1 Å². The third-order valence-electron chi connectivity index (χ3n) is 5.58. The lowest BCUT2D eigenvalue weighted by atomic mass is 9.93. The number of carbonyl (C=O) groups is 2. The number of primary amides is 1. The Kier molecular flexibility index (Phi) is 6.74. The molecule has 0 bridgehead atoms. The minimum absolute atomic E-state index is 0.0366. The summed E-state index contributed by atoms with van der Waals surface area (Å²) in [5.41, 5.74) is 6.93. The molecule has 0 spiro atoms. The van der Waals surface area contributed by atoms with E-state index in [1.54, 1.807) is 24.3 Å². The van der Waals surface area contributed by atoms with E-state index >= 15 is 0 Å². The smallest absolute Gasteiger partial charge is 0.252 e. The minimum Gasteiger partial charge on any atom is -0.496 e. The number of Topliss-reactive ketones (excluding diaryl/α,β-unsaturated/α-hetero) is 1. The molecule has 0 unspecified atom stereocenters. The largest absolute Gasteiger partial charge is 0.496 e. The van der Waals surface area contributed by atoms with Crippen LogP contribution in [0.3, 0.4) is 0 Å². The molecule has 0 aliphatic rings. The summed E-state index contributed by atoms with van der Waals surface area (Å²) in [5, 5.41) is 4.43. The van der Waals surface area contributed by atoms with Crippen LogP contribution >= 0.6 is 0 Å². The second kappa shape index (κ2) is 9.77. The summed E-state index contributed by atoms with van der Waals surface area (Å²) in [4.78, 5) is 28.6. The number of methoxy groups -OCH3 is 1. The highest BCUT2D eigenvalue weighted by Crippen LogP contribution is 2.34. The molecule has 0 aliphatic carbocycles. The second-order valence-electron chi connectivity index (χ2n) is 9.43. The summed E-state index contributed by atoms with van der Waals surface area (Å²) in [7, 11) is 1.42. The van der Waals surface area contributed by atoms with Gasteiger partial charge >= 0.3 is 0 Å². The highest BCUT2D eigenvalue weighted by atomic mass is 19.1. The Morgan fingerprint density at radius 1 is 1.03 bits per heavy atom. The maximum Gasteiger partial charge on any atom is 0.252 e. The first-order chi connectivity index (χ1) is 17.0. The molecular weight excluding hydrogens is 465 g/mol. The average molecular weight is 492 g/mol. The van der Waals surface area contributed by atoms with Gasteiger partial charge in [0.2, 0.25) is 0 Å². The van der Waals surface area contributed by atoms with Crippen LogP contribution in [0.1, 0.15) is 48.1 Å². The predicted molar refractivity (Wildman–Crippen MR) is 131 cm³/mol. The van der Waals surface area contributed by atoms with Crippen molar-refractivity contribution < 1.29 is 28.0 Å². The Bertz CT molecular complexity index is 1460. The van der Waals surface area contributed by atoms with Crippen LogP contribution in [0.5, 0.6) is 17.2 Å². The Morgan fingerprint density at radius 2 is 1.81 bits per heavy atom. The van der Waals surface area contributed by atoms with Crippen molar-refractivity contribution in [2.75, 3.05) is 7.11 Å². The molecule has 2 N–H and O–H groups in total. The molecule has 4 aromatic rings. The maximum atomic E-state index is 14.9. The van der Waals surface area contributed by atoms with Crippen molar-refractivity contribution in [3.05, 3.63) is 77.1 Å². The molecular formula is C27H26FN3O5. The quantitative estimate of drug-likeness (QED) is 0.372. The van der Waals surface area contributed by atoms with Crippen LogP contribution in [-0.2, 0) is 23.1 Å². The number of ether oxygens (including phenoxy) is 2. The van der Waals surface area contributed by atoms with Gasteiger partial charge in [-0.1, -0.05) is 32.0 Å². The number of aromatic nitrogens is 2. The molecule has 0 fully saturated rings. The van der Waals surface area contributed by atoms with Crippen LogP contribution in [0.15, 0.2) is 53.2 Å². The van der Waals surface area contributed by atoms with Crippen LogP contribution in [-0.4, -0.2) is 28.9 Å². The Hall–Kier alpha value is -4.27. The number of hydrogen-bond acceptors (Lipinski definition) is 7. The van der Waals surface area contributed by atoms with Gasteiger partial charge in [0.1, 0.15) is 23.0 Å². The second-order valence-corrected chi connectivity index (χ2v) is 9.43. The van der Waals surface area contributed by atoms with Gasteiger partial charge in [-0.05, 0) is 29.8 Å². The number of carbonyl (C=O) groups excluding carboxylic acids is 2. The van der Waals surface area contributed by atoms with Crippen molar-refractivity contribution in [1.82, 2.24) is 10.1 Å². The highest BCUT2D eigenvalue weighted by molar-refractivity contribution is 6.01. The van der Waals surface area contributed by atoms with Crippen LogP contribution in [0.25, 0.3) is 10.9 Å². The van der Waals surface area contributed by atoms with Crippen LogP contribution < -0.4 is 15.2 Å². The molecule has 0 atom stereocenters. The summed E-state index contributed by atoms with van der Waals surface area (Å²) in [6.07, 6.45) is 1.63. The van der Waals surface area contributed by atoms with Crippen molar-refractivity contribution in [2.45, 2.75) is 39.0 Å². The minimum atomic E-state index is -0.677. The van der Waals surface area contributed by atoms with Gasteiger partial charge in [0.05, 0.1) is 30.3 Å². The molecule has 2 aromatic carbocycles. The van der Waals surface area contributed by atoms with Crippen LogP contribution in [0.2, 0.25) is 0 Å². The number of nitrogens with two attached hydrogens (primary N) is 1. The fourth-order valence-corrected chi connectivity index (χ4v) is 3.70. The van der Waals surface area contributed by atoms with Crippen molar-refractivity contribution in [3.8, 4) is 17.2 Å². The molecule has 0 aliphatic heterocycles. The number of nitrogens with zero attached hydrogens (tertiary/aromatic N) is 2. The fraction of sp³-hybridized carbons (Fsp3) is 0.259. The third kappa shape index (κ3) is 5.35. The molecule has 36 heavy (non-hydrogen) atoms. The summed E-state index contributed by atoms with van der Waals surface area (Å²) in [6, 6.07) is 10.7. The van der Waals surface area contributed by atoms with Crippen LogP contribution in [0.4, 0.5) is 4.39 Å². The van der Waals surface area contributed by atoms with Gasteiger partial charge in [0.15, 0.2) is 11.6 Å². The standard InChI is InChI=1S/C27H26FN3O5/c1-27(2,3)25-12-16(31-36-25)11-17(32)9-15-5-6-23(20(28)10-15)35-22-7-8-30-21-14-24(34-4)19(26(29)33)13-18(21)22/h5-8,10,12-14H,9,11H2,1-4H3,(H2,29,33). The number of fused-ring (bicyclic) bond motifs is 1. The predicted octanol–water partition coefficient (Wildman–Crippen LogP) is 4.91. The van der Waals surface area contributed by atoms with Gasteiger partial charge in [-0.25, -0.2) is 4.39 Å². The van der Waals surface area contributed by atoms with Gasteiger partial charge in [-0.3, -0.25) is 14.6 Å². The molecule has 2 heterocycles. The molecule has 0 saturated carbocycles. The van der Waals surface area contributed by atoms with Crippen LogP contribution in [0, 0.1) is 5.82 Å². The van der Waals surface area contributed by atoms with Crippen molar-refractivity contribution in [3.63, 3.8) is 0 Å². The van der Waals surface area contributed by atoms with E-state index in [0.717, 1.165) is 0 Å². The number of rotatable bonds is 8. The SMILES string of the molecule is COc1cc2nccc(Oc3ccc(CC(=O)Cc4cc(C(C)(C)C)on4)cc3F)c2cc1C(N)=O. The van der Waals surface area contributed by atoms with Crippen molar-refractivity contribution in [1.29, 1.82) is 0 Å². The van der Waals surface area contributed by atoms with Gasteiger partial charge in [-0.15, -0.1) is 0 Å². The van der Waals surface area contributed by atoms with Crippen molar-refractivity contribution >= 4 is 22.6 Å². The van der Waals surface area contributed by atoms with E-state index in [9.17, 15) is 14.0 Å². The topological polar surface area (TPSA) is 118 Å². The summed E-state index contributed by atoms with van der Waals surface area (Å²) >= 11 is 0. The number of amides is 1. The molecule has 0 radical (unpaired) electrons. The summed E-state index contributed by atoms with van der Waals surface area (Å²) in [6.45, 7) is 5.98. The van der Waals surface area contributed by atoms with E-state index in [4.69, 9.17) is 19.7 Å². The number of benzene rings is 2. The Balaban J connectivity index is 1.51. The van der Waals surface area contributed by atoms with E-state index in [-0.39, 0.29) is 46.9 Å². The first kappa shape index (κ1) is 24.8. The number of hydrogen-bond donors (Lipinski definition) is 1. The molecule has 8 nitrogen and oxygen atoms in total. The molecule has 9 heteroatoms. The Morgan fingerprint density at radius 3 is 2.44 bits per heavy atom. The van der Waals surface area contributed by atoms with Crippen molar-refractivity contribution in [2.24, 2.45) is 5.73 Å². The fourth-order valence-electron chi connectivity index (χ4n) is 3.70. The van der Waals surface area contributed by atoms with Gasteiger partial charge in [0, 0.05) is 35.6 Å². The lowest BCUT2D eigenvalue weighted by Gasteiger charge is -2.12. The highest BCUT2D eigenvalue weighted by Gasteiger charge is 2.21. The molecule has 1 amide bonds. The third-order valence-corrected chi connectivity index (χ3v) is 5.58. The zero-order chi connectivity index (χ0) is 26.0. The average Bonchev–Trinajstić information content (AvgIpc) is 3.29. The lowest BCUT2D eigenvalue weighted by molar-refractivity contribution is -0.117. The zero-order valence-corrected chi connectivity index (χ0v) is 20.4. The lowest BCUT2D eigenvalue weighted by Crippen LogP contribution is -2.12. The summed E-state index contributed by atoms with van der Waals surface area (Å²) in [5.74, 6) is -0.211. The molecule has 0 saturated heterocycles. The van der Waals surface area contributed by atoms with E-state index in [1.165, 1.54) is 31.5 Å². The summed E-state index contributed by atoms with van der Waals surface area (Å²) < 4.78 is 31.2. The van der Waals surface area contributed by atoms with Gasteiger partial charge < -0.3 is 19.7 Å². The van der Waals surface area contributed by atoms with E-state index in [1.807, 2.05) is 20.8 Å². The number of pyridine rings is 1. The maximum absolute atomic E-state index is 14.9. The molecule has 4 rings (SSSR count). The molecule has 186 valence electrons. The molecule has 2 aromatic heterocycles. The first-order valence-electron chi connectivity index (χ1n) is 11.3. The van der Waals surface area contributed by atoms with E-state index in [0.29, 0.717) is 27.9 Å². The zero-order valence-electron chi connectivity index (χ0n) is 20.4. The van der Waals surface area contributed by atoms with Gasteiger partial charge in [-0.2, -0.15) is 0 Å². The normalized spacial score (nSPS) is 11.5. The monoisotopic (exact) mass is 491 g/mol. The first-order valence-corrected chi connectivity index (χ1v) is 11.3. The van der Waals surface area contributed by atoms with Gasteiger partial charge in [0.25, 0.3) is 5.91 Å². The van der Waals surface area contributed by atoms with E-state index < -0.39 is 11.7 Å². The number of ketones is 1. The Labute approximate surface area is 207 Å². The number of halogens is 1.